The van der Waals surface area contributed by atoms with Crippen molar-refractivity contribution < 1.29 is 5.11 Å². The molecular formula is C16H21N3O. The second kappa shape index (κ2) is 7.01. The highest BCUT2D eigenvalue weighted by molar-refractivity contribution is 5.47. The zero-order valence-corrected chi connectivity index (χ0v) is 12.0. The minimum absolute atomic E-state index is 0.108. The molecule has 1 atom stereocenters. The molecule has 2 rings (SSSR count). The number of nitrogens with one attached hydrogen (secondary N) is 1. The third kappa shape index (κ3) is 3.78. The van der Waals surface area contributed by atoms with Crippen LogP contribution in [0, 0.1) is 6.92 Å². The molecule has 0 saturated heterocycles. The molecule has 0 aliphatic carbocycles. The minimum atomic E-state index is 0.108. The van der Waals surface area contributed by atoms with E-state index < -0.39 is 0 Å². The van der Waals surface area contributed by atoms with Gasteiger partial charge in [0, 0.05) is 24.7 Å². The number of aliphatic hydroxyl groups excluding tert-OH is 1. The highest BCUT2D eigenvalue weighted by Gasteiger charge is 2.10. The Balaban J connectivity index is 2.08. The number of hydrogen-bond acceptors (Lipinski definition) is 4. The van der Waals surface area contributed by atoms with Crippen LogP contribution in [0.3, 0.4) is 0 Å². The van der Waals surface area contributed by atoms with Crippen molar-refractivity contribution in [3.63, 3.8) is 0 Å². The molecule has 0 aliphatic rings. The van der Waals surface area contributed by atoms with Gasteiger partial charge in [-0.05, 0) is 44.4 Å². The maximum atomic E-state index is 8.89. The maximum Gasteiger partial charge on any atom is 0.0835 e. The number of benzene rings is 1. The standard InChI is InChI=1S/C16H21N3O/c1-12-16(18-9-8-17-12)13(2)19-15-7-3-5-14(11-15)6-4-10-20/h3,5,7-9,11,13,19-20H,4,6,10H2,1-2H3. The fraction of sp³-hybridized carbons (Fsp3) is 0.375. The fourth-order valence-electron chi connectivity index (χ4n) is 2.26. The lowest BCUT2D eigenvalue weighted by Crippen LogP contribution is -2.11. The number of hydrogen-bond donors (Lipinski definition) is 2. The predicted octanol–water partition coefficient (Wildman–Crippen LogP) is 2.88. The first-order chi connectivity index (χ1) is 9.70. The van der Waals surface area contributed by atoms with Crippen molar-refractivity contribution in [2.45, 2.75) is 32.7 Å². The van der Waals surface area contributed by atoms with Gasteiger partial charge in [-0.25, -0.2) is 0 Å². The van der Waals surface area contributed by atoms with E-state index in [1.54, 1.807) is 12.4 Å². The number of nitrogens with zero attached hydrogens (tertiary/aromatic N) is 2. The van der Waals surface area contributed by atoms with E-state index in [0.29, 0.717) is 0 Å². The van der Waals surface area contributed by atoms with Crippen LogP contribution in [0.2, 0.25) is 0 Å². The van der Waals surface area contributed by atoms with Crippen molar-refractivity contribution in [2.24, 2.45) is 0 Å². The minimum Gasteiger partial charge on any atom is -0.396 e. The number of rotatable bonds is 6. The van der Waals surface area contributed by atoms with Gasteiger partial charge in [-0.15, -0.1) is 0 Å². The van der Waals surface area contributed by atoms with Crippen LogP contribution in [0.5, 0.6) is 0 Å². The predicted molar refractivity (Wildman–Crippen MR) is 80.7 cm³/mol. The second-order valence-corrected chi connectivity index (χ2v) is 4.92. The van der Waals surface area contributed by atoms with E-state index in [1.807, 2.05) is 19.1 Å². The Bertz CT molecular complexity index is 557. The third-order valence-corrected chi connectivity index (χ3v) is 3.26. The normalized spacial score (nSPS) is 12.2. The summed E-state index contributed by atoms with van der Waals surface area (Å²) in [6, 6.07) is 8.39. The van der Waals surface area contributed by atoms with Crippen molar-refractivity contribution in [3.8, 4) is 0 Å². The summed E-state index contributed by atoms with van der Waals surface area (Å²) in [5.41, 5.74) is 4.21. The lowest BCUT2D eigenvalue weighted by molar-refractivity contribution is 0.288. The summed E-state index contributed by atoms with van der Waals surface area (Å²) in [5.74, 6) is 0. The van der Waals surface area contributed by atoms with E-state index in [2.05, 4.69) is 34.3 Å². The van der Waals surface area contributed by atoms with Crippen LogP contribution in [0.15, 0.2) is 36.7 Å². The quantitative estimate of drug-likeness (QED) is 0.848. The number of aliphatic hydroxyl groups is 1. The van der Waals surface area contributed by atoms with Gasteiger partial charge in [0.1, 0.15) is 0 Å². The zero-order chi connectivity index (χ0) is 14.4. The number of aromatic nitrogens is 2. The van der Waals surface area contributed by atoms with Crippen LogP contribution in [-0.4, -0.2) is 21.7 Å². The van der Waals surface area contributed by atoms with Gasteiger partial charge in [0.25, 0.3) is 0 Å². The van der Waals surface area contributed by atoms with Gasteiger partial charge in [0.05, 0.1) is 17.4 Å². The molecule has 1 aromatic heterocycles. The molecule has 106 valence electrons. The molecule has 20 heavy (non-hydrogen) atoms. The molecule has 0 amide bonds. The summed E-state index contributed by atoms with van der Waals surface area (Å²) in [7, 11) is 0. The molecule has 0 radical (unpaired) electrons. The lowest BCUT2D eigenvalue weighted by atomic mass is 10.1. The number of anilines is 1. The van der Waals surface area contributed by atoms with Crippen molar-refractivity contribution in [1.82, 2.24) is 9.97 Å². The van der Waals surface area contributed by atoms with Gasteiger partial charge in [-0.3, -0.25) is 9.97 Å². The Kier molecular flexibility index (Phi) is 5.07. The highest BCUT2D eigenvalue weighted by Crippen LogP contribution is 2.20. The molecule has 1 aromatic carbocycles. The Morgan fingerprint density at radius 3 is 2.80 bits per heavy atom. The summed E-state index contributed by atoms with van der Waals surface area (Å²) in [6.45, 7) is 4.28. The summed E-state index contributed by atoms with van der Waals surface area (Å²) in [5, 5.41) is 12.3. The molecule has 0 saturated carbocycles. The van der Waals surface area contributed by atoms with Gasteiger partial charge in [0.15, 0.2) is 0 Å². The molecule has 1 heterocycles. The number of aryl methyl sites for hydroxylation is 2. The summed E-state index contributed by atoms with van der Waals surface area (Å²) in [4.78, 5) is 8.66. The molecule has 2 aromatic rings. The average molecular weight is 271 g/mol. The van der Waals surface area contributed by atoms with Crippen molar-refractivity contribution in [1.29, 1.82) is 0 Å². The molecule has 2 N–H and O–H groups in total. The Morgan fingerprint density at radius 2 is 2.05 bits per heavy atom. The van der Waals surface area contributed by atoms with Gasteiger partial charge < -0.3 is 10.4 Å². The molecule has 4 nitrogen and oxygen atoms in total. The van der Waals surface area contributed by atoms with Crippen LogP contribution in [-0.2, 0) is 6.42 Å². The Labute approximate surface area is 119 Å². The Morgan fingerprint density at radius 1 is 1.25 bits per heavy atom. The van der Waals surface area contributed by atoms with E-state index >= 15 is 0 Å². The zero-order valence-electron chi connectivity index (χ0n) is 12.0. The molecule has 0 aliphatic heterocycles. The first kappa shape index (κ1) is 14.5. The highest BCUT2D eigenvalue weighted by atomic mass is 16.2. The fourth-order valence-corrected chi connectivity index (χ4v) is 2.26. The monoisotopic (exact) mass is 271 g/mol. The van der Waals surface area contributed by atoms with Crippen LogP contribution >= 0.6 is 0 Å². The first-order valence-corrected chi connectivity index (χ1v) is 6.94. The Hall–Kier alpha value is -1.94. The summed E-state index contributed by atoms with van der Waals surface area (Å²) in [6.07, 6.45) is 5.12. The van der Waals surface area contributed by atoms with Crippen molar-refractivity contribution in [2.75, 3.05) is 11.9 Å². The van der Waals surface area contributed by atoms with Gasteiger partial charge in [0.2, 0.25) is 0 Å². The van der Waals surface area contributed by atoms with E-state index in [4.69, 9.17) is 5.11 Å². The topological polar surface area (TPSA) is 58.0 Å². The van der Waals surface area contributed by atoms with Gasteiger partial charge in [-0.1, -0.05) is 12.1 Å². The van der Waals surface area contributed by atoms with Crippen LogP contribution in [0.25, 0.3) is 0 Å². The molecule has 0 bridgehead atoms. The van der Waals surface area contributed by atoms with E-state index in [0.717, 1.165) is 29.9 Å². The summed E-state index contributed by atoms with van der Waals surface area (Å²) >= 11 is 0. The average Bonchev–Trinajstić information content (AvgIpc) is 2.46. The maximum absolute atomic E-state index is 8.89. The first-order valence-electron chi connectivity index (χ1n) is 6.94. The van der Waals surface area contributed by atoms with Crippen molar-refractivity contribution >= 4 is 5.69 Å². The third-order valence-electron chi connectivity index (χ3n) is 3.26. The molecule has 0 spiro atoms. The smallest absolute Gasteiger partial charge is 0.0835 e. The van der Waals surface area contributed by atoms with Gasteiger partial charge >= 0.3 is 0 Å². The molecule has 1 unspecified atom stereocenters. The molecule has 4 heteroatoms. The van der Waals surface area contributed by atoms with E-state index in [-0.39, 0.29) is 12.6 Å². The van der Waals surface area contributed by atoms with E-state index in [9.17, 15) is 0 Å². The van der Waals surface area contributed by atoms with Crippen molar-refractivity contribution in [3.05, 3.63) is 53.6 Å². The largest absolute Gasteiger partial charge is 0.396 e. The van der Waals surface area contributed by atoms with Crippen LogP contribution in [0.4, 0.5) is 5.69 Å². The molecular weight excluding hydrogens is 250 g/mol. The van der Waals surface area contributed by atoms with E-state index in [1.165, 1.54) is 5.56 Å². The SMILES string of the molecule is Cc1nccnc1C(C)Nc1cccc(CCCO)c1. The lowest BCUT2D eigenvalue weighted by Gasteiger charge is -2.16. The second-order valence-electron chi connectivity index (χ2n) is 4.92. The van der Waals surface area contributed by atoms with Crippen LogP contribution < -0.4 is 5.32 Å². The molecule has 0 fully saturated rings. The summed E-state index contributed by atoms with van der Waals surface area (Å²) < 4.78 is 0. The van der Waals surface area contributed by atoms with Gasteiger partial charge in [-0.2, -0.15) is 0 Å². The van der Waals surface area contributed by atoms with Crippen LogP contribution in [0.1, 0.15) is 36.3 Å².